The molecule has 3 rings (SSSR count). The lowest BCUT2D eigenvalue weighted by molar-refractivity contribution is -0.129. The summed E-state index contributed by atoms with van der Waals surface area (Å²) in [5, 5.41) is 0.820. The summed E-state index contributed by atoms with van der Waals surface area (Å²) in [5.74, 6) is 0.00608. The number of nitrogens with zero attached hydrogens (tertiary/aromatic N) is 3. The molecule has 0 fully saturated rings. The Labute approximate surface area is 169 Å². The first-order valence-corrected chi connectivity index (χ1v) is 10.2. The highest BCUT2D eigenvalue weighted by atomic mass is 32.2. The molecule has 2 aromatic carbocycles. The highest BCUT2D eigenvalue weighted by molar-refractivity contribution is 8.00. The number of hydrogen-bond donors (Lipinski definition) is 0. The third-order valence-corrected chi connectivity index (χ3v) is 5.61. The number of thioether (sulfide) groups is 1. The van der Waals surface area contributed by atoms with Gasteiger partial charge in [-0.1, -0.05) is 54.2 Å². The molecule has 1 amide bonds. The fourth-order valence-corrected chi connectivity index (χ4v) is 4.27. The van der Waals surface area contributed by atoms with Crippen molar-refractivity contribution in [2.75, 3.05) is 7.05 Å². The van der Waals surface area contributed by atoms with E-state index in [0.717, 1.165) is 5.56 Å². The second-order valence-corrected chi connectivity index (χ2v) is 8.43. The summed E-state index contributed by atoms with van der Waals surface area (Å²) in [5.41, 5.74) is 1.67. The molecule has 5 nitrogen and oxygen atoms in total. The Bertz CT molecular complexity index is 1030. The fraction of sp³-hybridized carbons (Fsp3) is 0.318. The van der Waals surface area contributed by atoms with Crippen molar-refractivity contribution in [2.45, 2.75) is 43.8 Å². The molecular weight excluding hydrogens is 370 g/mol. The first kappa shape index (κ1) is 20.1. The van der Waals surface area contributed by atoms with Crippen molar-refractivity contribution in [1.29, 1.82) is 0 Å². The van der Waals surface area contributed by atoms with Gasteiger partial charge >= 0.3 is 0 Å². The summed E-state index contributed by atoms with van der Waals surface area (Å²) < 4.78 is 1.67. The van der Waals surface area contributed by atoms with Gasteiger partial charge in [0, 0.05) is 19.6 Å². The first-order chi connectivity index (χ1) is 13.4. The van der Waals surface area contributed by atoms with E-state index in [1.165, 1.54) is 11.8 Å². The molecule has 0 N–H and O–H groups in total. The zero-order valence-electron chi connectivity index (χ0n) is 16.6. The summed E-state index contributed by atoms with van der Waals surface area (Å²) in [6.07, 6.45) is 0. The molecule has 0 spiro atoms. The highest BCUT2D eigenvalue weighted by Crippen LogP contribution is 2.26. The minimum Gasteiger partial charge on any atom is -0.340 e. The second-order valence-electron chi connectivity index (χ2n) is 7.12. The number of rotatable bonds is 6. The van der Waals surface area contributed by atoms with Gasteiger partial charge in [-0.05, 0) is 38.5 Å². The summed E-state index contributed by atoms with van der Waals surface area (Å²) in [7, 11) is 1.80. The Morgan fingerprint density at radius 1 is 1.07 bits per heavy atom. The number of carbonyl (C=O) groups is 1. The molecule has 0 unspecified atom stereocenters. The number of carbonyl (C=O) groups excluding carboxylic acids is 1. The lowest BCUT2D eigenvalue weighted by Gasteiger charge is -2.23. The highest BCUT2D eigenvalue weighted by Gasteiger charge is 2.23. The molecule has 1 aromatic heterocycles. The van der Waals surface area contributed by atoms with Gasteiger partial charge in [0.15, 0.2) is 5.16 Å². The third kappa shape index (κ3) is 4.28. The van der Waals surface area contributed by atoms with Crippen molar-refractivity contribution in [3.8, 4) is 0 Å². The quantitative estimate of drug-likeness (QED) is 0.465. The normalized spacial score (nSPS) is 12.3. The molecule has 146 valence electrons. The van der Waals surface area contributed by atoms with Crippen LogP contribution >= 0.6 is 11.8 Å². The minimum absolute atomic E-state index is 0.00608. The lowest BCUT2D eigenvalue weighted by Crippen LogP contribution is -2.33. The Balaban J connectivity index is 1.85. The first-order valence-electron chi connectivity index (χ1n) is 9.35. The van der Waals surface area contributed by atoms with Crippen molar-refractivity contribution >= 4 is 28.6 Å². The van der Waals surface area contributed by atoms with Gasteiger partial charge in [0.05, 0.1) is 16.2 Å². The van der Waals surface area contributed by atoms with Crippen LogP contribution in [-0.2, 0) is 11.3 Å². The molecule has 28 heavy (non-hydrogen) atoms. The maximum absolute atomic E-state index is 12.9. The van der Waals surface area contributed by atoms with Gasteiger partial charge in [0.25, 0.3) is 5.56 Å². The van der Waals surface area contributed by atoms with Crippen LogP contribution in [0.4, 0.5) is 0 Å². The van der Waals surface area contributed by atoms with E-state index in [1.54, 1.807) is 22.6 Å². The standard InChI is InChI=1S/C22H25N3O2S/c1-15(2)25-21(27)18-12-8-9-13-19(18)23-22(25)28-16(3)20(26)24(4)14-17-10-6-5-7-11-17/h5-13,15-16H,14H2,1-4H3/t16-/m1/s1. The van der Waals surface area contributed by atoms with Gasteiger partial charge < -0.3 is 4.90 Å². The maximum atomic E-state index is 12.9. The zero-order valence-corrected chi connectivity index (χ0v) is 17.4. The van der Waals surface area contributed by atoms with E-state index < -0.39 is 0 Å². The van der Waals surface area contributed by atoms with E-state index in [1.807, 2.05) is 69.3 Å². The molecule has 0 aliphatic rings. The number of fused-ring (bicyclic) bond motifs is 1. The Morgan fingerprint density at radius 2 is 1.71 bits per heavy atom. The summed E-state index contributed by atoms with van der Waals surface area (Å²) in [4.78, 5) is 32.2. The van der Waals surface area contributed by atoms with Gasteiger partial charge in [0.2, 0.25) is 5.91 Å². The maximum Gasteiger partial charge on any atom is 0.262 e. The topological polar surface area (TPSA) is 55.2 Å². The average molecular weight is 396 g/mol. The minimum atomic E-state index is -0.355. The molecule has 0 radical (unpaired) electrons. The average Bonchev–Trinajstić information content (AvgIpc) is 2.68. The van der Waals surface area contributed by atoms with Crippen LogP contribution in [0.5, 0.6) is 0 Å². The van der Waals surface area contributed by atoms with Crippen molar-refractivity contribution < 1.29 is 4.79 Å². The Morgan fingerprint density at radius 3 is 2.39 bits per heavy atom. The van der Waals surface area contributed by atoms with E-state index in [0.29, 0.717) is 22.6 Å². The number of aromatic nitrogens is 2. The summed E-state index contributed by atoms with van der Waals surface area (Å²) >= 11 is 1.34. The largest absolute Gasteiger partial charge is 0.340 e. The van der Waals surface area contributed by atoms with E-state index >= 15 is 0 Å². The van der Waals surface area contributed by atoms with Crippen molar-refractivity contribution in [1.82, 2.24) is 14.5 Å². The van der Waals surface area contributed by atoms with E-state index in [4.69, 9.17) is 0 Å². The second kappa shape index (κ2) is 8.61. The third-order valence-electron chi connectivity index (χ3n) is 4.56. The SMILES string of the molecule is CC(C)n1c(S[C@H](C)C(=O)N(C)Cc2ccccc2)nc2ccccc2c1=O. The molecule has 1 atom stereocenters. The van der Waals surface area contributed by atoms with Crippen LogP contribution < -0.4 is 5.56 Å². The van der Waals surface area contributed by atoms with Gasteiger partial charge in [0.1, 0.15) is 0 Å². The Kier molecular flexibility index (Phi) is 6.19. The molecule has 0 aliphatic carbocycles. The summed E-state index contributed by atoms with van der Waals surface area (Å²) in [6.45, 7) is 6.32. The van der Waals surface area contributed by atoms with Gasteiger partial charge in [-0.2, -0.15) is 0 Å². The molecule has 0 saturated carbocycles. The van der Waals surface area contributed by atoms with Crippen molar-refractivity contribution in [3.05, 3.63) is 70.5 Å². The summed E-state index contributed by atoms with van der Waals surface area (Å²) in [6, 6.07) is 17.2. The van der Waals surface area contributed by atoms with Crippen LogP contribution in [0.15, 0.2) is 64.5 Å². The number of benzene rings is 2. The molecule has 1 heterocycles. The molecule has 0 aliphatic heterocycles. The molecule has 3 aromatic rings. The van der Waals surface area contributed by atoms with Crippen LogP contribution in [0.25, 0.3) is 10.9 Å². The Hall–Kier alpha value is -2.60. The van der Waals surface area contributed by atoms with E-state index in [2.05, 4.69) is 4.98 Å². The van der Waals surface area contributed by atoms with Crippen LogP contribution in [-0.4, -0.2) is 32.7 Å². The molecule has 0 saturated heterocycles. The molecule has 6 heteroatoms. The van der Waals surface area contributed by atoms with Crippen LogP contribution in [0.2, 0.25) is 0 Å². The van der Waals surface area contributed by atoms with Crippen molar-refractivity contribution in [3.63, 3.8) is 0 Å². The molecule has 0 bridgehead atoms. The fourth-order valence-electron chi connectivity index (χ4n) is 3.12. The number of hydrogen-bond acceptors (Lipinski definition) is 4. The smallest absolute Gasteiger partial charge is 0.262 e. The van der Waals surface area contributed by atoms with Gasteiger partial charge in [-0.3, -0.25) is 14.2 Å². The lowest BCUT2D eigenvalue weighted by atomic mass is 10.2. The monoisotopic (exact) mass is 395 g/mol. The van der Waals surface area contributed by atoms with Gasteiger partial charge in [-0.25, -0.2) is 4.98 Å². The number of amides is 1. The van der Waals surface area contributed by atoms with Crippen LogP contribution in [0.3, 0.4) is 0 Å². The predicted octanol–water partition coefficient (Wildman–Crippen LogP) is 4.12. The van der Waals surface area contributed by atoms with Crippen molar-refractivity contribution in [2.24, 2.45) is 0 Å². The van der Waals surface area contributed by atoms with E-state index in [9.17, 15) is 9.59 Å². The number of para-hydroxylation sites is 1. The predicted molar refractivity (Wildman–Crippen MR) is 115 cm³/mol. The van der Waals surface area contributed by atoms with Crippen LogP contribution in [0.1, 0.15) is 32.4 Å². The molecular formula is C22H25N3O2S. The van der Waals surface area contributed by atoms with E-state index in [-0.39, 0.29) is 22.8 Å². The van der Waals surface area contributed by atoms with Crippen LogP contribution in [0, 0.1) is 0 Å². The zero-order chi connectivity index (χ0) is 20.3. The van der Waals surface area contributed by atoms with Gasteiger partial charge in [-0.15, -0.1) is 0 Å².